The Labute approximate surface area is 111 Å². The predicted molar refractivity (Wildman–Crippen MR) is 71.6 cm³/mol. The van der Waals surface area contributed by atoms with Crippen molar-refractivity contribution < 1.29 is 9.15 Å². The van der Waals surface area contributed by atoms with Crippen molar-refractivity contribution >= 4 is 24.2 Å². The minimum Gasteiger partial charge on any atom is -0.616 e. The molecule has 5 heteroatoms. The first-order valence-electron chi connectivity index (χ1n) is 4.97. The number of thioether (sulfide) groups is 1. The molecule has 0 amide bonds. The molecule has 1 aromatic carbocycles. The normalized spacial score (nSPS) is 10.1. The summed E-state index contributed by atoms with van der Waals surface area (Å²) in [6.45, 7) is 3.55. The maximum atomic E-state index is 11.8. The number of halogens is 1. The number of oxazole rings is 1. The molecule has 17 heavy (non-hydrogen) atoms. The first-order valence-corrected chi connectivity index (χ1v) is 6.20. The van der Waals surface area contributed by atoms with E-state index in [1.807, 2.05) is 30.5 Å². The summed E-state index contributed by atoms with van der Waals surface area (Å²) in [6.07, 6.45) is 2.02. The molecule has 92 valence electrons. The van der Waals surface area contributed by atoms with Gasteiger partial charge in [-0.15, -0.1) is 28.9 Å². The van der Waals surface area contributed by atoms with Gasteiger partial charge in [0.1, 0.15) is 0 Å². The van der Waals surface area contributed by atoms with Crippen LogP contribution in [0.4, 0.5) is 0 Å². The summed E-state index contributed by atoms with van der Waals surface area (Å²) in [5.74, 6) is 1.03. The lowest BCUT2D eigenvalue weighted by atomic mass is 10.2. The van der Waals surface area contributed by atoms with Gasteiger partial charge in [-0.2, -0.15) is 0 Å². The van der Waals surface area contributed by atoms with Crippen molar-refractivity contribution in [2.75, 3.05) is 6.26 Å². The van der Waals surface area contributed by atoms with Gasteiger partial charge >= 0.3 is 5.89 Å². The number of rotatable bonds is 2. The van der Waals surface area contributed by atoms with E-state index < -0.39 is 0 Å². The minimum absolute atomic E-state index is 0. The summed E-state index contributed by atoms with van der Waals surface area (Å²) in [5.41, 5.74) is 1.42. The summed E-state index contributed by atoms with van der Waals surface area (Å²) in [4.78, 5) is 1.17. The van der Waals surface area contributed by atoms with Crippen LogP contribution in [0.3, 0.4) is 0 Å². The molecule has 0 N–H and O–H groups in total. The minimum atomic E-state index is 0. The van der Waals surface area contributed by atoms with Gasteiger partial charge in [-0.05, 0) is 30.5 Å². The number of hydrogen-bond donors (Lipinski definition) is 0. The molecule has 0 saturated carbocycles. The smallest absolute Gasteiger partial charge is 0.392 e. The number of benzene rings is 1. The highest BCUT2D eigenvalue weighted by Crippen LogP contribution is 2.22. The van der Waals surface area contributed by atoms with E-state index in [9.17, 15) is 5.21 Å². The van der Waals surface area contributed by atoms with E-state index in [-0.39, 0.29) is 12.4 Å². The Kier molecular flexibility index (Phi) is 4.48. The zero-order valence-electron chi connectivity index (χ0n) is 9.89. The lowest BCUT2D eigenvalue weighted by Crippen LogP contribution is -2.29. The summed E-state index contributed by atoms with van der Waals surface area (Å²) in [5, 5.41) is 11.8. The van der Waals surface area contributed by atoms with Gasteiger partial charge in [-0.1, -0.05) is 0 Å². The quantitative estimate of drug-likeness (QED) is 0.478. The number of aryl methyl sites for hydroxylation is 1. The van der Waals surface area contributed by atoms with Gasteiger partial charge < -0.3 is 9.62 Å². The Bertz CT molecular complexity index is 508. The van der Waals surface area contributed by atoms with Crippen molar-refractivity contribution in [1.82, 2.24) is 0 Å². The van der Waals surface area contributed by atoms with E-state index in [1.165, 1.54) is 4.90 Å². The second kappa shape index (κ2) is 5.47. The van der Waals surface area contributed by atoms with Crippen LogP contribution < -0.4 is 4.73 Å². The molecule has 0 unspecified atom stereocenters. The van der Waals surface area contributed by atoms with Gasteiger partial charge in [0.15, 0.2) is 5.76 Å². The van der Waals surface area contributed by atoms with Crippen LogP contribution in [0.2, 0.25) is 0 Å². The lowest BCUT2D eigenvalue weighted by Gasteiger charge is -1.99. The van der Waals surface area contributed by atoms with Gasteiger partial charge in [0.05, 0.1) is 5.56 Å². The molecule has 0 aliphatic rings. The third-order valence-corrected chi connectivity index (χ3v) is 3.33. The largest absolute Gasteiger partial charge is 0.616 e. The van der Waals surface area contributed by atoms with Crippen molar-refractivity contribution in [3.8, 4) is 11.5 Å². The van der Waals surface area contributed by atoms with Gasteiger partial charge in [0.2, 0.25) is 5.69 Å². The van der Waals surface area contributed by atoms with Crippen LogP contribution in [0.5, 0.6) is 0 Å². The van der Waals surface area contributed by atoms with Gasteiger partial charge in [-0.3, -0.25) is 0 Å². The maximum absolute atomic E-state index is 11.8. The van der Waals surface area contributed by atoms with E-state index in [2.05, 4.69) is 0 Å². The second-order valence-electron chi connectivity index (χ2n) is 3.57. The number of aromatic nitrogens is 1. The summed E-state index contributed by atoms with van der Waals surface area (Å²) in [7, 11) is 0. The van der Waals surface area contributed by atoms with Gasteiger partial charge in [-0.25, -0.2) is 0 Å². The fraction of sp³-hybridized carbons (Fsp3) is 0.250. The number of nitrogens with zero attached hydrogens (tertiary/aromatic N) is 1. The zero-order chi connectivity index (χ0) is 11.7. The Hall–Kier alpha value is -1.13. The summed E-state index contributed by atoms with van der Waals surface area (Å²) >= 11 is 1.67. The van der Waals surface area contributed by atoms with Crippen LogP contribution in [0.1, 0.15) is 11.5 Å². The highest BCUT2D eigenvalue weighted by molar-refractivity contribution is 7.98. The molecule has 1 heterocycles. The third-order valence-electron chi connectivity index (χ3n) is 2.59. The predicted octanol–water partition coefficient (Wildman–Crippen LogP) is 3.34. The summed E-state index contributed by atoms with van der Waals surface area (Å²) in [6, 6.07) is 7.76. The SMILES string of the molecule is CSc1ccc(-c2oc(C)c(C)[n+]2[O-])cc1.Cl. The fourth-order valence-corrected chi connectivity index (χ4v) is 1.87. The topological polar surface area (TPSA) is 40.1 Å². The molecular formula is C12H14ClNO2S. The van der Waals surface area contributed by atoms with Gasteiger partial charge in [0.25, 0.3) is 0 Å². The maximum Gasteiger partial charge on any atom is 0.392 e. The average Bonchev–Trinajstić information content (AvgIpc) is 2.57. The Morgan fingerprint density at radius 2 is 1.76 bits per heavy atom. The third kappa shape index (κ3) is 2.58. The van der Waals surface area contributed by atoms with Crippen LogP contribution in [0.25, 0.3) is 11.5 Å². The molecule has 2 rings (SSSR count). The van der Waals surface area contributed by atoms with Crippen molar-refractivity contribution in [2.45, 2.75) is 18.7 Å². The van der Waals surface area contributed by atoms with Crippen LogP contribution in [0, 0.1) is 19.1 Å². The molecule has 0 spiro atoms. The zero-order valence-corrected chi connectivity index (χ0v) is 11.5. The molecule has 3 nitrogen and oxygen atoms in total. The van der Waals surface area contributed by atoms with Crippen LogP contribution in [0.15, 0.2) is 33.6 Å². The van der Waals surface area contributed by atoms with Crippen molar-refractivity contribution in [1.29, 1.82) is 0 Å². The Balaban J connectivity index is 0.00000144. The van der Waals surface area contributed by atoms with Crippen LogP contribution in [-0.4, -0.2) is 6.26 Å². The Morgan fingerprint density at radius 3 is 2.18 bits per heavy atom. The molecule has 0 aliphatic carbocycles. The molecular weight excluding hydrogens is 258 g/mol. The molecule has 1 aromatic heterocycles. The van der Waals surface area contributed by atoms with Gasteiger partial charge in [0, 0.05) is 18.7 Å². The molecule has 0 bridgehead atoms. The standard InChI is InChI=1S/C12H13NO2S.ClH/c1-8-9(2)15-12(13(8)14)10-4-6-11(16-3)7-5-10;/h4-7H,1-3H3;1H. The monoisotopic (exact) mass is 271 g/mol. The summed E-state index contributed by atoms with van der Waals surface area (Å²) < 4.78 is 6.29. The molecule has 0 saturated heterocycles. The highest BCUT2D eigenvalue weighted by atomic mass is 35.5. The average molecular weight is 272 g/mol. The van der Waals surface area contributed by atoms with Crippen molar-refractivity contribution in [2.24, 2.45) is 0 Å². The number of hydrogen-bond acceptors (Lipinski definition) is 3. The van der Waals surface area contributed by atoms with Crippen molar-refractivity contribution in [3.63, 3.8) is 0 Å². The molecule has 0 radical (unpaired) electrons. The van der Waals surface area contributed by atoms with Crippen LogP contribution >= 0.6 is 24.2 Å². The lowest BCUT2D eigenvalue weighted by molar-refractivity contribution is -0.602. The molecule has 2 aromatic rings. The van der Waals surface area contributed by atoms with E-state index in [0.717, 1.165) is 10.3 Å². The van der Waals surface area contributed by atoms with E-state index in [0.29, 0.717) is 17.3 Å². The van der Waals surface area contributed by atoms with Crippen LogP contribution in [-0.2, 0) is 0 Å². The van der Waals surface area contributed by atoms with E-state index in [1.54, 1.807) is 25.6 Å². The molecule has 0 fully saturated rings. The van der Waals surface area contributed by atoms with Crippen molar-refractivity contribution in [3.05, 3.63) is 40.9 Å². The van der Waals surface area contributed by atoms with E-state index in [4.69, 9.17) is 4.42 Å². The highest BCUT2D eigenvalue weighted by Gasteiger charge is 2.19. The second-order valence-corrected chi connectivity index (χ2v) is 4.45. The first kappa shape index (κ1) is 13.9. The first-order chi connectivity index (χ1) is 7.63. The molecule has 0 aliphatic heterocycles. The Morgan fingerprint density at radius 1 is 1.18 bits per heavy atom. The molecule has 0 atom stereocenters. The van der Waals surface area contributed by atoms with E-state index >= 15 is 0 Å². The fourth-order valence-electron chi connectivity index (χ4n) is 1.47.